The molecule has 3 nitrogen and oxygen atoms in total. The van der Waals surface area contributed by atoms with Crippen molar-refractivity contribution in [2.45, 2.75) is 43.9 Å². The highest BCUT2D eigenvalue weighted by molar-refractivity contribution is 6.34. The van der Waals surface area contributed by atoms with E-state index in [1.807, 2.05) is 24.3 Å². The number of fused-ring (bicyclic) bond motifs is 4. The van der Waals surface area contributed by atoms with Crippen LogP contribution in [0.3, 0.4) is 0 Å². The summed E-state index contributed by atoms with van der Waals surface area (Å²) in [6.07, 6.45) is 5.79. The van der Waals surface area contributed by atoms with Crippen LogP contribution in [-0.2, 0) is 10.2 Å². The fraction of sp³-hybridized carbons (Fsp3) is 0.381. The number of hydrogen-bond acceptors (Lipinski definition) is 2. The molecule has 0 saturated heterocycles. The lowest BCUT2D eigenvalue weighted by atomic mass is 9.63. The minimum Gasteiger partial charge on any atom is -0.481 e. The van der Waals surface area contributed by atoms with Crippen LogP contribution >= 0.6 is 23.2 Å². The van der Waals surface area contributed by atoms with Crippen molar-refractivity contribution in [2.75, 3.05) is 11.4 Å². The van der Waals surface area contributed by atoms with Gasteiger partial charge in [0.2, 0.25) is 0 Å². The molecular weight excluding hydrogens is 369 g/mol. The first kappa shape index (κ1) is 17.7. The van der Waals surface area contributed by atoms with Crippen LogP contribution < -0.4 is 4.90 Å². The van der Waals surface area contributed by atoms with Gasteiger partial charge >= 0.3 is 5.97 Å². The number of rotatable bonds is 3. The van der Waals surface area contributed by atoms with Gasteiger partial charge in [-0.2, -0.15) is 0 Å². The zero-order chi connectivity index (χ0) is 18.3. The Kier molecular flexibility index (Phi) is 4.62. The number of para-hydroxylation sites is 1. The maximum absolute atomic E-state index is 11.2. The van der Waals surface area contributed by atoms with Crippen LogP contribution in [0.4, 0.5) is 11.4 Å². The van der Waals surface area contributed by atoms with E-state index in [0.29, 0.717) is 11.6 Å². The molecule has 0 bridgehead atoms. The molecule has 1 N–H and O–H groups in total. The first-order valence-corrected chi connectivity index (χ1v) is 9.87. The molecule has 0 radical (unpaired) electrons. The second kappa shape index (κ2) is 6.79. The third-order valence-electron chi connectivity index (χ3n) is 5.79. The smallest absolute Gasteiger partial charge is 0.305 e. The summed E-state index contributed by atoms with van der Waals surface area (Å²) in [5.74, 6) is -0.813. The Morgan fingerprint density at radius 2 is 1.85 bits per heavy atom. The number of hydrogen-bond donors (Lipinski definition) is 1. The van der Waals surface area contributed by atoms with Crippen LogP contribution in [-0.4, -0.2) is 17.6 Å². The van der Waals surface area contributed by atoms with Crippen molar-refractivity contribution in [2.24, 2.45) is 0 Å². The fourth-order valence-electron chi connectivity index (χ4n) is 4.70. The van der Waals surface area contributed by atoms with Gasteiger partial charge in [-0.25, -0.2) is 0 Å². The Bertz CT molecular complexity index is 855. The summed E-state index contributed by atoms with van der Waals surface area (Å²) in [7, 11) is 0. The lowest BCUT2D eigenvalue weighted by Gasteiger charge is -2.48. The van der Waals surface area contributed by atoms with Crippen molar-refractivity contribution in [1.29, 1.82) is 0 Å². The lowest BCUT2D eigenvalue weighted by Crippen LogP contribution is -2.39. The van der Waals surface area contributed by atoms with Gasteiger partial charge in [-0.05, 0) is 48.2 Å². The summed E-state index contributed by atoms with van der Waals surface area (Å²) in [6, 6.07) is 12.0. The molecule has 0 amide bonds. The molecule has 2 aliphatic rings. The van der Waals surface area contributed by atoms with E-state index in [2.05, 4.69) is 17.0 Å². The fourth-order valence-corrected chi connectivity index (χ4v) is 5.15. The van der Waals surface area contributed by atoms with Gasteiger partial charge in [0.1, 0.15) is 0 Å². The van der Waals surface area contributed by atoms with Crippen molar-refractivity contribution < 1.29 is 9.90 Å². The highest BCUT2D eigenvalue weighted by Gasteiger charge is 2.44. The SMILES string of the molecule is O=C(O)CCN1c2ccc(Cl)cc2C2(CCCCC2)c2cccc(Cl)c21. The quantitative estimate of drug-likeness (QED) is 0.681. The summed E-state index contributed by atoms with van der Waals surface area (Å²) >= 11 is 13.0. The van der Waals surface area contributed by atoms with Crippen LogP contribution in [0.2, 0.25) is 10.0 Å². The van der Waals surface area contributed by atoms with Gasteiger partial charge in [0.05, 0.1) is 17.1 Å². The van der Waals surface area contributed by atoms with Gasteiger partial charge in [-0.1, -0.05) is 54.6 Å². The molecule has 1 spiro atoms. The van der Waals surface area contributed by atoms with Crippen molar-refractivity contribution in [3.8, 4) is 0 Å². The molecule has 1 aliphatic carbocycles. The third-order valence-corrected chi connectivity index (χ3v) is 6.33. The Balaban J connectivity index is 1.96. The van der Waals surface area contributed by atoms with E-state index in [9.17, 15) is 9.90 Å². The van der Waals surface area contributed by atoms with E-state index >= 15 is 0 Å². The van der Waals surface area contributed by atoms with Gasteiger partial charge in [-0.15, -0.1) is 0 Å². The first-order chi connectivity index (χ1) is 12.5. The van der Waals surface area contributed by atoms with E-state index in [0.717, 1.165) is 29.2 Å². The van der Waals surface area contributed by atoms with Gasteiger partial charge in [0.25, 0.3) is 0 Å². The molecule has 0 unspecified atom stereocenters. The highest BCUT2D eigenvalue weighted by atomic mass is 35.5. The second-order valence-electron chi connectivity index (χ2n) is 7.24. The van der Waals surface area contributed by atoms with E-state index in [4.69, 9.17) is 23.2 Å². The monoisotopic (exact) mass is 389 g/mol. The first-order valence-electron chi connectivity index (χ1n) is 9.11. The Morgan fingerprint density at radius 3 is 2.58 bits per heavy atom. The van der Waals surface area contributed by atoms with Gasteiger partial charge in [0.15, 0.2) is 0 Å². The van der Waals surface area contributed by atoms with Crippen LogP contribution in [0, 0.1) is 0 Å². The molecule has 136 valence electrons. The Labute approximate surface area is 163 Å². The van der Waals surface area contributed by atoms with Crippen molar-refractivity contribution >= 4 is 40.5 Å². The number of aliphatic carboxylic acids is 1. The predicted octanol–water partition coefficient (Wildman–Crippen LogP) is 6.17. The van der Waals surface area contributed by atoms with E-state index in [1.54, 1.807) is 0 Å². The molecule has 1 heterocycles. The maximum atomic E-state index is 11.2. The number of anilines is 2. The third kappa shape index (κ3) is 2.78. The van der Waals surface area contributed by atoms with E-state index in [1.165, 1.54) is 30.4 Å². The maximum Gasteiger partial charge on any atom is 0.305 e. The molecule has 0 atom stereocenters. The van der Waals surface area contributed by atoms with E-state index < -0.39 is 5.97 Å². The van der Waals surface area contributed by atoms with E-state index in [-0.39, 0.29) is 11.8 Å². The molecule has 5 heteroatoms. The molecule has 2 aromatic rings. The largest absolute Gasteiger partial charge is 0.481 e. The number of benzene rings is 2. The number of nitrogens with zero attached hydrogens (tertiary/aromatic N) is 1. The molecule has 4 rings (SSSR count). The standard InChI is InChI=1S/C21H21Cl2NO2/c22-14-7-8-18-16(13-14)21(10-2-1-3-11-21)15-5-4-6-17(23)20(15)24(18)12-9-19(25)26/h4-8,13H,1-3,9-12H2,(H,25,26). The predicted molar refractivity (Wildman–Crippen MR) is 106 cm³/mol. The van der Waals surface area contributed by atoms with Crippen LogP contribution in [0.15, 0.2) is 36.4 Å². The van der Waals surface area contributed by atoms with Gasteiger partial charge in [-0.3, -0.25) is 4.79 Å². The summed E-state index contributed by atoms with van der Waals surface area (Å²) in [4.78, 5) is 13.3. The van der Waals surface area contributed by atoms with Gasteiger partial charge in [0, 0.05) is 22.7 Å². The molecule has 1 saturated carbocycles. The Hall–Kier alpha value is -1.71. The zero-order valence-electron chi connectivity index (χ0n) is 14.5. The number of halogens is 2. The van der Waals surface area contributed by atoms with Crippen LogP contribution in [0.5, 0.6) is 0 Å². The van der Waals surface area contributed by atoms with Crippen molar-refractivity contribution in [3.63, 3.8) is 0 Å². The minimum absolute atomic E-state index is 0.0553. The zero-order valence-corrected chi connectivity index (χ0v) is 16.0. The summed E-state index contributed by atoms with van der Waals surface area (Å²) in [6.45, 7) is 0.386. The Morgan fingerprint density at radius 1 is 1.08 bits per heavy atom. The number of carbonyl (C=O) groups is 1. The van der Waals surface area contributed by atoms with Crippen LogP contribution in [0.1, 0.15) is 49.7 Å². The summed E-state index contributed by atoms with van der Waals surface area (Å²) in [5.41, 5.74) is 4.35. The normalized spacial score (nSPS) is 17.7. The highest BCUT2D eigenvalue weighted by Crippen LogP contribution is 2.57. The summed E-state index contributed by atoms with van der Waals surface area (Å²) < 4.78 is 0. The van der Waals surface area contributed by atoms with Crippen LogP contribution in [0.25, 0.3) is 0 Å². The molecule has 1 aliphatic heterocycles. The average Bonchev–Trinajstić information content (AvgIpc) is 2.63. The molecule has 26 heavy (non-hydrogen) atoms. The molecule has 2 aromatic carbocycles. The van der Waals surface area contributed by atoms with Crippen molar-refractivity contribution in [3.05, 3.63) is 57.6 Å². The summed E-state index contributed by atoms with van der Waals surface area (Å²) in [5, 5.41) is 10.6. The molecule has 1 fully saturated rings. The number of carboxylic acids is 1. The van der Waals surface area contributed by atoms with Crippen molar-refractivity contribution in [1.82, 2.24) is 0 Å². The molecule has 0 aromatic heterocycles. The average molecular weight is 390 g/mol. The lowest BCUT2D eigenvalue weighted by molar-refractivity contribution is -0.136. The topological polar surface area (TPSA) is 40.5 Å². The minimum atomic E-state index is -0.813. The number of carboxylic acid groups (broad SMARTS) is 1. The second-order valence-corrected chi connectivity index (χ2v) is 8.08. The van der Waals surface area contributed by atoms with Gasteiger partial charge < -0.3 is 10.0 Å². The molecular formula is C21H21Cl2NO2.